The Morgan fingerprint density at radius 3 is 2.50 bits per heavy atom. The highest BCUT2D eigenvalue weighted by Crippen LogP contribution is 2.24. The van der Waals surface area contributed by atoms with Crippen LogP contribution in [-0.2, 0) is 4.79 Å². The van der Waals surface area contributed by atoms with Crippen LogP contribution in [0, 0.1) is 5.92 Å². The Labute approximate surface area is 115 Å². The normalized spacial score (nSPS) is 22.9. The predicted octanol–water partition coefficient (Wildman–Crippen LogP) is 2.22. The molecule has 0 aromatic rings. The Morgan fingerprint density at radius 2 is 2.00 bits per heavy atom. The first-order valence-corrected chi connectivity index (χ1v) is 6.56. The largest absolute Gasteiger partial charge is 0.481 e. The van der Waals surface area contributed by atoms with E-state index in [4.69, 9.17) is 5.11 Å². The average molecular weight is 296 g/mol. The fraction of sp³-hybridized carbons (Fsp3) is 0.833. The number of unbranched alkanes of at least 4 members (excludes halogenated alkanes) is 1. The zero-order chi connectivity index (χ0) is 15.3. The maximum absolute atomic E-state index is 11.9. The molecule has 0 aromatic carbocycles. The fourth-order valence-electron chi connectivity index (χ4n) is 2.30. The third kappa shape index (κ3) is 4.90. The SMILES string of the molecule is CC1C(C(=O)O)CCN1C(=O)NCCCCC(F)(F)F. The van der Waals surface area contributed by atoms with E-state index in [-0.39, 0.29) is 19.4 Å². The summed E-state index contributed by atoms with van der Waals surface area (Å²) in [6.07, 6.45) is -4.41. The number of nitrogens with one attached hydrogen (secondary N) is 1. The van der Waals surface area contributed by atoms with Crippen molar-refractivity contribution < 1.29 is 27.9 Å². The lowest BCUT2D eigenvalue weighted by atomic mass is 10.0. The predicted molar refractivity (Wildman–Crippen MR) is 65.2 cm³/mol. The molecule has 2 unspecified atom stereocenters. The molecule has 5 nitrogen and oxygen atoms in total. The van der Waals surface area contributed by atoms with Crippen LogP contribution in [0.4, 0.5) is 18.0 Å². The lowest BCUT2D eigenvalue weighted by Gasteiger charge is -2.23. The van der Waals surface area contributed by atoms with Gasteiger partial charge >= 0.3 is 18.2 Å². The zero-order valence-corrected chi connectivity index (χ0v) is 11.2. The molecule has 1 rings (SSSR count). The van der Waals surface area contributed by atoms with Crippen LogP contribution >= 0.6 is 0 Å². The molecule has 2 N–H and O–H groups in total. The van der Waals surface area contributed by atoms with Crippen LogP contribution in [-0.4, -0.2) is 47.3 Å². The number of carboxylic acids is 1. The lowest BCUT2D eigenvalue weighted by Crippen LogP contribution is -2.44. The number of carbonyl (C=O) groups is 2. The van der Waals surface area contributed by atoms with E-state index in [9.17, 15) is 22.8 Å². The first kappa shape index (κ1) is 16.6. The third-order valence-electron chi connectivity index (χ3n) is 3.50. The van der Waals surface area contributed by atoms with Gasteiger partial charge in [-0.1, -0.05) is 0 Å². The van der Waals surface area contributed by atoms with E-state index in [2.05, 4.69) is 5.32 Å². The molecule has 116 valence electrons. The fourth-order valence-corrected chi connectivity index (χ4v) is 2.30. The molecule has 0 saturated carbocycles. The second-order valence-electron chi connectivity index (χ2n) is 4.97. The molecule has 1 fully saturated rings. The van der Waals surface area contributed by atoms with Crippen molar-refractivity contribution in [2.45, 2.75) is 44.8 Å². The van der Waals surface area contributed by atoms with Gasteiger partial charge in [-0.15, -0.1) is 0 Å². The molecule has 0 aliphatic carbocycles. The second-order valence-corrected chi connectivity index (χ2v) is 4.97. The number of carbonyl (C=O) groups excluding carboxylic acids is 1. The number of halogens is 3. The van der Waals surface area contributed by atoms with E-state index in [1.165, 1.54) is 4.90 Å². The molecule has 0 bridgehead atoms. The first-order valence-electron chi connectivity index (χ1n) is 6.56. The van der Waals surface area contributed by atoms with Crippen molar-refractivity contribution in [3.8, 4) is 0 Å². The highest BCUT2D eigenvalue weighted by atomic mass is 19.4. The van der Waals surface area contributed by atoms with Crippen LogP contribution in [0.3, 0.4) is 0 Å². The molecule has 1 aliphatic rings. The minimum Gasteiger partial charge on any atom is -0.481 e. The maximum Gasteiger partial charge on any atom is 0.389 e. The van der Waals surface area contributed by atoms with Crippen molar-refractivity contribution in [3.05, 3.63) is 0 Å². The summed E-state index contributed by atoms with van der Waals surface area (Å²) in [4.78, 5) is 24.1. The minimum atomic E-state index is -4.16. The number of rotatable bonds is 5. The van der Waals surface area contributed by atoms with Gasteiger partial charge in [-0.05, 0) is 26.2 Å². The molecule has 2 atom stereocenters. The third-order valence-corrected chi connectivity index (χ3v) is 3.50. The van der Waals surface area contributed by atoms with Crippen LogP contribution in [0.25, 0.3) is 0 Å². The maximum atomic E-state index is 11.9. The summed E-state index contributed by atoms with van der Waals surface area (Å²) in [6, 6.07) is -0.809. The number of likely N-dealkylation sites (tertiary alicyclic amines) is 1. The van der Waals surface area contributed by atoms with E-state index in [1.54, 1.807) is 6.92 Å². The Balaban J connectivity index is 2.25. The van der Waals surface area contributed by atoms with Crippen molar-refractivity contribution >= 4 is 12.0 Å². The number of carboxylic acid groups (broad SMARTS) is 1. The molecule has 1 aliphatic heterocycles. The highest BCUT2D eigenvalue weighted by molar-refractivity contribution is 5.78. The van der Waals surface area contributed by atoms with Crippen molar-refractivity contribution in [2.24, 2.45) is 5.92 Å². The number of urea groups is 1. The Hall–Kier alpha value is -1.47. The van der Waals surface area contributed by atoms with Gasteiger partial charge in [0.25, 0.3) is 0 Å². The van der Waals surface area contributed by atoms with E-state index < -0.39 is 36.6 Å². The summed E-state index contributed by atoms with van der Waals surface area (Å²) in [5, 5.41) is 11.5. The number of amides is 2. The molecule has 20 heavy (non-hydrogen) atoms. The van der Waals surface area contributed by atoms with E-state index in [0.29, 0.717) is 13.0 Å². The standard InChI is InChI=1S/C12H19F3N2O3/c1-8-9(10(18)19)4-7-17(8)11(20)16-6-3-2-5-12(13,14)15/h8-9H,2-7H2,1H3,(H,16,20)(H,18,19). The van der Waals surface area contributed by atoms with Crippen LogP contribution in [0.15, 0.2) is 0 Å². The van der Waals surface area contributed by atoms with Gasteiger partial charge in [0, 0.05) is 25.6 Å². The van der Waals surface area contributed by atoms with Crippen molar-refractivity contribution in [3.63, 3.8) is 0 Å². The summed E-state index contributed by atoms with van der Waals surface area (Å²) in [5.41, 5.74) is 0. The Bertz CT molecular complexity index is 360. The van der Waals surface area contributed by atoms with Crippen LogP contribution in [0.1, 0.15) is 32.6 Å². The molecule has 1 heterocycles. The molecule has 0 aromatic heterocycles. The first-order chi connectivity index (χ1) is 9.22. The number of alkyl halides is 3. The van der Waals surface area contributed by atoms with Gasteiger partial charge < -0.3 is 15.3 Å². The summed E-state index contributed by atoms with van der Waals surface area (Å²) < 4.78 is 35.7. The van der Waals surface area contributed by atoms with E-state index in [0.717, 1.165) is 0 Å². The quantitative estimate of drug-likeness (QED) is 0.764. The summed E-state index contributed by atoms with van der Waals surface area (Å²) in [7, 11) is 0. The molecule has 8 heteroatoms. The number of hydrogen-bond donors (Lipinski definition) is 2. The van der Waals surface area contributed by atoms with Gasteiger partial charge in [-0.2, -0.15) is 13.2 Å². The number of hydrogen-bond acceptors (Lipinski definition) is 2. The van der Waals surface area contributed by atoms with E-state index >= 15 is 0 Å². The summed E-state index contributed by atoms with van der Waals surface area (Å²) in [5.74, 6) is -1.51. The summed E-state index contributed by atoms with van der Waals surface area (Å²) in [6.45, 7) is 2.18. The molecule has 1 saturated heterocycles. The Kier molecular flexibility index (Phi) is 5.64. The average Bonchev–Trinajstić information content (AvgIpc) is 2.69. The molecule has 2 amide bonds. The topological polar surface area (TPSA) is 69.6 Å². The van der Waals surface area contributed by atoms with Crippen LogP contribution < -0.4 is 5.32 Å². The Morgan fingerprint density at radius 1 is 1.35 bits per heavy atom. The molecule has 0 radical (unpaired) electrons. The highest BCUT2D eigenvalue weighted by Gasteiger charge is 2.37. The minimum absolute atomic E-state index is 0.0307. The lowest BCUT2D eigenvalue weighted by molar-refractivity contribution is -0.142. The van der Waals surface area contributed by atoms with Gasteiger partial charge in [0.15, 0.2) is 0 Å². The molecule has 0 spiro atoms. The molecular formula is C12H19F3N2O3. The second kappa shape index (κ2) is 6.81. The monoisotopic (exact) mass is 296 g/mol. The van der Waals surface area contributed by atoms with Crippen molar-refractivity contribution in [2.75, 3.05) is 13.1 Å². The number of aliphatic carboxylic acids is 1. The van der Waals surface area contributed by atoms with Gasteiger partial charge in [-0.3, -0.25) is 4.79 Å². The zero-order valence-electron chi connectivity index (χ0n) is 11.2. The van der Waals surface area contributed by atoms with Gasteiger partial charge in [0.2, 0.25) is 0 Å². The van der Waals surface area contributed by atoms with E-state index in [1.807, 2.05) is 0 Å². The van der Waals surface area contributed by atoms with Crippen molar-refractivity contribution in [1.82, 2.24) is 10.2 Å². The number of nitrogens with zero attached hydrogens (tertiary/aromatic N) is 1. The van der Waals surface area contributed by atoms with Crippen LogP contribution in [0.5, 0.6) is 0 Å². The smallest absolute Gasteiger partial charge is 0.389 e. The van der Waals surface area contributed by atoms with Gasteiger partial charge in [0.1, 0.15) is 0 Å². The van der Waals surface area contributed by atoms with Gasteiger partial charge in [0.05, 0.1) is 5.92 Å². The van der Waals surface area contributed by atoms with Crippen LogP contribution in [0.2, 0.25) is 0 Å². The summed E-state index contributed by atoms with van der Waals surface area (Å²) >= 11 is 0. The van der Waals surface area contributed by atoms with Crippen molar-refractivity contribution in [1.29, 1.82) is 0 Å². The van der Waals surface area contributed by atoms with Gasteiger partial charge in [-0.25, -0.2) is 4.79 Å². The molecular weight excluding hydrogens is 277 g/mol.